The average molecular weight is 449 g/mol. The first-order valence-corrected chi connectivity index (χ1v) is 10.6. The van der Waals surface area contributed by atoms with Crippen molar-refractivity contribution in [2.75, 3.05) is 5.34 Å². The van der Waals surface area contributed by atoms with Crippen LogP contribution in [0.3, 0.4) is 0 Å². The van der Waals surface area contributed by atoms with Gasteiger partial charge in [0.1, 0.15) is 11.8 Å². The zero-order valence-corrected chi connectivity index (χ0v) is 19.1. The van der Waals surface area contributed by atoms with Crippen LogP contribution in [0.2, 0.25) is 0 Å². The molecule has 0 heterocycles. The number of nitrogens with zero attached hydrogens (tertiary/aromatic N) is 2. The summed E-state index contributed by atoms with van der Waals surface area (Å²) >= 11 is 9.53. The molecule has 0 saturated carbocycles. The Balaban J connectivity index is 0.000000196. The van der Waals surface area contributed by atoms with E-state index in [0.717, 1.165) is 32.8 Å². The van der Waals surface area contributed by atoms with E-state index >= 15 is 0 Å². The number of hydrogen-bond acceptors (Lipinski definition) is 3. The number of halogens is 2. The molecule has 0 aliphatic carbocycles. The van der Waals surface area contributed by atoms with Gasteiger partial charge in [0.05, 0.1) is 22.5 Å². The molecule has 0 radical (unpaired) electrons. The maximum absolute atomic E-state index is 9.67. The van der Waals surface area contributed by atoms with Crippen LogP contribution in [0.25, 0.3) is 21.5 Å². The predicted octanol–water partition coefficient (Wildman–Crippen LogP) is 7.48. The topological polar surface area (TPSA) is 67.8 Å². The first kappa shape index (κ1) is 24.0. The molecule has 0 bridgehead atoms. The summed E-state index contributed by atoms with van der Waals surface area (Å²) < 4.78 is 0. The Morgan fingerprint density at radius 1 is 0.710 bits per heavy atom. The van der Waals surface area contributed by atoms with Crippen LogP contribution in [0.4, 0.5) is 0 Å². The number of aryl methyl sites for hydroxylation is 2. The Hall–Kier alpha value is -3.24. The molecule has 1 N–H and O–H groups in total. The van der Waals surface area contributed by atoms with Crippen molar-refractivity contribution in [2.45, 2.75) is 20.8 Å². The highest BCUT2D eigenvalue weighted by Gasteiger charge is 2.08. The van der Waals surface area contributed by atoms with Gasteiger partial charge in [0.25, 0.3) is 0 Å². The van der Waals surface area contributed by atoms with Crippen LogP contribution < -0.4 is 0 Å². The third kappa shape index (κ3) is 5.47. The van der Waals surface area contributed by atoms with Crippen molar-refractivity contribution < 1.29 is 5.11 Å². The molecule has 156 valence electrons. The van der Waals surface area contributed by atoms with Crippen molar-refractivity contribution in [3.8, 4) is 17.9 Å². The second-order valence-electron chi connectivity index (χ2n) is 6.84. The van der Waals surface area contributed by atoms with Gasteiger partial charge >= 0.3 is 0 Å². The van der Waals surface area contributed by atoms with Crippen molar-refractivity contribution in [1.82, 2.24) is 0 Å². The number of aromatic hydroxyl groups is 1. The molecule has 4 aromatic carbocycles. The lowest BCUT2D eigenvalue weighted by molar-refractivity contribution is 0.470. The summed E-state index contributed by atoms with van der Waals surface area (Å²) in [6.45, 7) is 5.89. The minimum absolute atomic E-state index is 0.0891. The Morgan fingerprint density at radius 3 is 1.61 bits per heavy atom. The zero-order valence-electron chi connectivity index (χ0n) is 17.6. The molecule has 4 aromatic rings. The van der Waals surface area contributed by atoms with Crippen LogP contribution in [0.1, 0.15) is 27.8 Å². The van der Waals surface area contributed by atoms with Gasteiger partial charge in [-0.25, -0.2) is 0 Å². The number of phenolic OH excluding ortho intramolecular Hbond substituents is 1. The monoisotopic (exact) mass is 448 g/mol. The summed E-state index contributed by atoms with van der Waals surface area (Å²) in [4.78, 5) is 0. The first-order valence-electron chi connectivity index (χ1n) is 9.51. The molecule has 0 fully saturated rings. The fourth-order valence-electron chi connectivity index (χ4n) is 3.35. The van der Waals surface area contributed by atoms with Crippen molar-refractivity contribution in [3.05, 3.63) is 88.5 Å². The van der Waals surface area contributed by atoms with E-state index < -0.39 is 0 Å². The second-order valence-corrected chi connectivity index (χ2v) is 7.65. The van der Waals surface area contributed by atoms with E-state index in [0.29, 0.717) is 5.56 Å². The van der Waals surface area contributed by atoms with Crippen LogP contribution in [0.15, 0.2) is 60.7 Å². The molecule has 0 amide bonds. The smallest absolute Gasteiger partial charge is 0.136 e. The molecule has 5 heteroatoms. The lowest BCUT2D eigenvalue weighted by Crippen LogP contribution is -1.89. The SMILES string of the molecule is Cc1c(C#N)cc2ccccc2c1C.Cc1c(O)c(C#N)cc2ccccc12.ClCCl. The maximum Gasteiger partial charge on any atom is 0.136 e. The van der Waals surface area contributed by atoms with Gasteiger partial charge in [0.15, 0.2) is 0 Å². The van der Waals surface area contributed by atoms with E-state index in [1.807, 2.05) is 68.4 Å². The van der Waals surface area contributed by atoms with Crippen LogP contribution >= 0.6 is 23.2 Å². The molecule has 0 aliphatic rings. The van der Waals surface area contributed by atoms with Crippen LogP contribution in [-0.2, 0) is 0 Å². The lowest BCUT2D eigenvalue weighted by atomic mass is 9.97. The van der Waals surface area contributed by atoms with E-state index in [-0.39, 0.29) is 11.1 Å². The number of fused-ring (bicyclic) bond motifs is 2. The van der Waals surface area contributed by atoms with E-state index in [9.17, 15) is 5.11 Å². The van der Waals surface area contributed by atoms with Gasteiger partial charge in [0, 0.05) is 0 Å². The molecular weight excluding hydrogens is 427 g/mol. The summed E-state index contributed by atoms with van der Waals surface area (Å²) in [5.74, 6) is 0.0891. The van der Waals surface area contributed by atoms with Gasteiger partial charge in [-0.15, -0.1) is 23.2 Å². The first-order chi connectivity index (χ1) is 14.9. The van der Waals surface area contributed by atoms with Gasteiger partial charge in [0.2, 0.25) is 0 Å². The average Bonchev–Trinajstić information content (AvgIpc) is 2.79. The molecule has 0 saturated heterocycles. The van der Waals surface area contributed by atoms with E-state index in [1.165, 1.54) is 10.9 Å². The van der Waals surface area contributed by atoms with Gasteiger partial charge in [-0.05, 0) is 71.1 Å². The van der Waals surface area contributed by atoms with E-state index in [1.54, 1.807) is 6.07 Å². The normalized spacial score (nSPS) is 9.65. The number of phenols is 1. The van der Waals surface area contributed by atoms with Gasteiger partial charge in [-0.2, -0.15) is 10.5 Å². The third-order valence-electron chi connectivity index (χ3n) is 5.15. The van der Waals surface area contributed by atoms with Crippen molar-refractivity contribution in [2.24, 2.45) is 0 Å². The summed E-state index contributed by atoms with van der Waals surface area (Å²) in [5, 5.41) is 32.0. The largest absolute Gasteiger partial charge is 0.506 e. The van der Waals surface area contributed by atoms with Gasteiger partial charge < -0.3 is 5.11 Å². The lowest BCUT2D eigenvalue weighted by Gasteiger charge is -2.07. The molecule has 0 atom stereocenters. The number of alkyl halides is 2. The zero-order chi connectivity index (χ0) is 23.0. The molecule has 0 aromatic heterocycles. The van der Waals surface area contributed by atoms with E-state index in [2.05, 4.69) is 19.1 Å². The Bertz CT molecular complexity index is 1200. The Kier molecular flexibility index (Phi) is 8.71. The van der Waals surface area contributed by atoms with Gasteiger partial charge in [-0.3, -0.25) is 0 Å². The molecular formula is C26H22Cl2N2O. The van der Waals surface area contributed by atoms with Gasteiger partial charge in [-0.1, -0.05) is 48.5 Å². The molecule has 0 unspecified atom stereocenters. The number of benzene rings is 4. The molecule has 4 rings (SSSR count). The summed E-state index contributed by atoms with van der Waals surface area (Å²) in [7, 11) is 0. The standard InChI is InChI=1S/C13H11N.C12H9NO.CH2Cl2/c1-9-10(2)13-6-4-3-5-11(13)7-12(9)8-14;1-8-11-5-3-2-4-9(11)6-10(7-13)12(8)14;2-1-3/h3-7H,1-2H3;2-6,14H,1H3;1H2. The Labute approximate surface area is 192 Å². The number of nitriles is 2. The highest BCUT2D eigenvalue weighted by molar-refractivity contribution is 6.40. The van der Waals surface area contributed by atoms with E-state index in [4.69, 9.17) is 33.7 Å². The van der Waals surface area contributed by atoms with Crippen molar-refractivity contribution >= 4 is 44.7 Å². The number of hydrogen-bond donors (Lipinski definition) is 1. The fraction of sp³-hybridized carbons (Fsp3) is 0.154. The number of rotatable bonds is 0. The summed E-state index contributed by atoms with van der Waals surface area (Å²) in [5.41, 5.74) is 4.17. The second kappa shape index (κ2) is 11.2. The van der Waals surface area contributed by atoms with Crippen LogP contribution in [0, 0.1) is 43.4 Å². The summed E-state index contributed by atoms with van der Waals surface area (Å²) in [6.07, 6.45) is 0. The van der Waals surface area contributed by atoms with Crippen molar-refractivity contribution in [1.29, 1.82) is 10.5 Å². The molecule has 3 nitrogen and oxygen atoms in total. The fourth-order valence-corrected chi connectivity index (χ4v) is 3.35. The maximum atomic E-state index is 9.67. The highest BCUT2D eigenvalue weighted by atomic mass is 35.5. The molecule has 0 aliphatic heterocycles. The quantitative estimate of drug-likeness (QED) is 0.283. The minimum Gasteiger partial charge on any atom is -0.506 e. The highest BCUT2D eigenvalue weighted by Crippen LogP contribution is 2.29. The van der Waals surface area contributed by atoms with Crippen molar-refractivity contribution in [3.63, 3.8) is 0 Å². The molecule has 31 heavy (non-hydrogen) atoms. The predicted molar refractivity (Wildman–Crippen MR) is 130 cm³/mol. The molecule has 0 spiro atoms. The summed E-state index contributed by atoms with van der Waals surface area (Å²) in [6, 6.07) is 23.7. The van der Waals surface area contributed by atoms with Crippen LogP contribution in [-0.4, -0.2) is 10.4 Å². The Morgan fingerprint density at radius 2 is 1.13 bits per heavy atom. The third-order valence-corrected chi connectivity index (χ3v) is 5.15. The van der Waals surface area contributed by atoms with Crippen LogP contribution in [0.5, 0.6) is 5.75 Å². The minimum atomic E-state index is 0.0891.